The second-order valence-corrected chi connectivity index (χ2v) is 9.62. The predicted molar refractivity (Wildman–Crippen MR) is 125 cm³/mol. The molecular formula is C23H32N4O3S. The van der Waals surface area contributed by atoms with Crippen molar-refractivity contribution in [2.45, 2.75) is 25.1 Å². The molecule has 168 valence electrons. The van der Waals surface area contributed by atoms with E-state index < -0.39 is 10.0 Å². The number of rotatable bonds is 8. The van der Waals surface area contributed by atoms with Gasteiger partial charge in [0, 0.05) is 33.2 Å². The first kappa shape index (κ1) is 23.2. The molecule has 8 heteroatoms. The SMILES string of the molecule is CN=C(NCc1ccccc1CS(=O)(=O)N1CCOCC1)NCC(C)c1ccccc1. The van der Waals surface area contributed by atoms with E-state index in [2.05, 4.69) is 34.7 Å². The van der Waals surface area contributed by atoms with E-state index in [0.717, 1.165) is 17.7 Å². The quantitative estimate of drug-likeness (QED) is 0.482. The van der Waals surface area contributed by atoms with Gasteiger partial charge in [0.1, 0.15) is 0 Å². The van der Waals surface area contributed by atoms with Crippen LogP contribution in [0.15, 0.2) is 59.6 Å². The predicted octanol–water partition coefficient (Wildman–Crippen LogP) is 2.32. The van der Waals surface area contributed by atoms with Crippen LogP contribution in [0.25, 0.3) is 0 Å². The number of ether oxygens (including phenoxy) is 1. The Morgan fingerprint density at radius 1 is 1.03 bits per heavy atom. The van der Waals surface area contributed by atoms with Gasteiger partial charge in [0.2, 0.25) is 10.0 Å². The molecule has 2 aromatic rings. The van der Waals surface area contributed by atoms with Crippen molar-refractivity contribution in [2.75, 3.05) is 39.9 Å². The van der Waals surface area contributed by atoms with Gasteiger partial charge in [-0.2, -0.15) is 4.31 Å². The summed E-state index contributed by atoms with van der Waals surface area (Å²) in [6, 6.07) is 18.0. The van der Waals surface area contributed by atoms with Crippen molar-refractivity contribution in [3.8, 4) is 0 Å². The normalized spacial score (nSPS) is 16.6. The van der Waals surface area contributed by atoms with E-state index >= 15 is 0 Å². The van der Waals surface area contributed by atoms with E-state index in [1.807, 2.05) is 42.5 Å². The highest BCUT2D eigenvalue weighted by molar-refractivity contribution is 7.88. The van der Waals surface area contributed by atoms with Gasteiger partial charge in [-0.1, -0.05) is 61.5 Å². The smallest absolute Gasteiger partial charge is 0.218 e. The lowest BCUT2D eigenvalue weighted by Gasteiger charge is -2.26. The van der Waals surface area contributed by atoms with Crippen LogP contribution in [-0.4, -0.2) is 58.6 Å². The summed E-state index contributed by atoms with van der Waals surface area (Å²) in [5, 5.41) is 6.66. The first-order valence-electron chi connectivity index (χ1n) is 10.6. The summed E-state index contributed by atoms with van der Waals surface area (Å²) in [6.45, 7) is 5.14. The van der Waals surface area contributed by atoms with Crippen LogP contribution in [-0.2, 0) is 27.1 Å². The number of sulfonamides is 1. The summed E-state index contributed by atoms with van der Waals surface area (Å²) in [5.41, 5.74) is 3.01. The van der Waals surface area contributed by atoms with Crippen LogP contribution in [0.2, 0.25) is 0 Å². The number of aliphatic imine (C=N–C) groups is 1. The Morgan fingerprint density at radius 3 is 2.35 bits per heavy atom. The number of guanidine groups is 1. The van der Waals surface area contributed by atoms with Crippen LogP contribution in [0.5, 0.6) is 0 Å². The largest absolute Gasteiger partial charge is 0.379 e. The molecule has 0 saturated carbocycles. The third-order valence-electron chi connectivity index (χ3n) is 5.43. The Kier molecular flexibility index (Phi) is 8.45. The molecule has 2 N–H and O–H groups in total. The monoisotopic (exact) mass is 444 g/mol. The Labute approximate surface area is 185 Å². The molecule has 0 amide bonds. The van der Waals surface area contributed by atoms with Gasteiger partial charge >= 0.3 is 0 Å². The lowest BCUT2D eigenvalue weighted by molar-refractivity contribution is 0.0729. The molecule has 0 aliphatic carbocycles. The molecule has 1 saturated heterocycles. The summed E-state index contributed by atoms with van der Waals surface area (Å²) < 4.78 is 32.5. The van der Waals surface area contributed by atoms with Crippen LogP contribution < -0.4 is 10.6 Å². The van der Waals surface area contributed by atoms with Crippen LogP contribution in [0.3, 0.4) is 0 Å². The van der Waals surface area contributed by atoms with Crippen molar-refractivity contribution in [1.29, 1.82) is 0 Å². The van der Waals surface area contributed by atoms with Crippen molar-refractivity contribution in [3.05, 3.63) is 71.3 Å². The standard InChI is InChI=1S/C23H32N4O3S/c1-19(20-8-4-3-5-9-20)16-25-23(24-2)26-17-21-10-6-7-11-22(21)18-31(28,29)27-12-14-30-15-13-27/h3-11,19H,12-18H2,1-2H3,(H2,24,25,26). The zero-order valence-corrected chi connectivity index (χ0v) is 19.1. The van der Waals surface area contributed by atoms with Crippen molar-refractivity contribution in [1.82, 2.24) is 14.9 Å². The van der Waals surface area contributed by atoms with Gasteiger partial charge in [-0.05, 0) is 22.6 Å². The number of benzene rings is 2. The van der Waals surface area contributed by atoms with Crippen molar-refractivity contribution < 1.29 is 13.2 Å². The molecule has 1 heterocycles. The summed E-state index contributed by atoms with van der Waals surface area (Å²) >= 11 is 0. The molecule has 0 spiro atoms. The molecule has 7 nitrogen and oxygen atoms in total. The first-order valence-corrected chi connectivity index (χ1v) is 12.2. The van der Waals surface area contributed by atoms with Crippen LogP contribution in [0.4, 0.5) is 0 Å². The molecule has 1 aliphatic rings. The summed E-state index contributed by atoms with van der Waals surface area (Å²) in [6.07, 6.45) is 0. The Hall–Kier alpha value is -2.42. The molecule has 3 rings (SSSR count). The Morgan fingerprint density at radius 2 is 1.68 bits per heavy atom. The van der Waals surface area contributed by atoms with Gasteiger partial charge in [0.05, 0.1) is 19.0 Å². The zero-order valence-electron chi connectivity index (χ0n) is 18.3. The number of hydrogen-bond donors (Lipinski definition) is 2. The molecule has 1 atom stereocenters. The molecule has 0 bridgehead atoms. The fraction of sp³-hybridized carbons (Fsp3) is 0.435. The zero-order chi connectivity index (χ0) is 22.1. The highest BCUT2D eigenvalue weighted by Crippen LogP contribution is 2.17. The molecule has 2 aromatic carbocycles. The topological polar surface area (TPSA) is 83.0 Å². The van der Waals surface area contributed by atoms with Crippen molar-refractivity contribution in [3.63, 3.8) is 0 Å². The van der Waals surface area contributed by atoms with Crippen molar-refractivity contribution in [2.24, 2.45) is 4.99 Å². The van der Waals surface area contributed by atoms with E-state index in [4.69, 9.17) is 4.74 Å². The van der Waals surface area contributed by atoms with E-state index in [9.17, 15) is 8.42 Å². The van der Waals surface area contributed by atoms with Gasteiger partial charge in [0.15, 0.2) is 5.96 Å². The second-order valence-electron chi connectivity index (χ2n) is 7.65. The van der Waals surface area contributed by atoms with E-state index in [-0.39, 0.29) is 5.75 Å². The Bertz CT molecular complexity index is 958. The molecule has 1 aliphatic heterocycles. The minimum absolute atomic E-state index is 0.0120. The van der Waals surface area contributed by atoms with E-state index in [1.54, 1.807) is 7.05 Å². The molecule has 1 unspecified atom stereocenters. The fourth-order valence-electron chi connectivity index (χ4n) is 3.53. The number of morpholine rings is 1. The minimum Gasteiger partial charge on any atom is -0.379 e. The summed E-state index contributed by atoms with van der Waals surface area (Å²) in [5.74, 6) is 1.02. The van der Waals surface area contributed by atoms with Crippen LogP contribution in [0, 0.1) is 0 Å². The number of nitrogens with zero attached hydrogens (tertiary/aromatic N) is 2. The highest BCUT2D eigenvalue weighted by Gasteiger charge is 2.25. The van der Waals surface area contributed by atoms with E-state index in [1.165, 1.54) is 9.87 Å². The minimum atomic E-state index is -3.38. The third kappa shape index (κ3) is 6.78. The lowest BCUT2D eigenvalue weighted by Crippen LogP contribution is -2.41. The Balaban J connectivity index is 1.58. The average Bonchev–Trinajstić information content (AvgIpc) is 2.81. The lowest BCUT2D eigenvalue weighted by atomic mass is 10.0. The number of hydrogen-bond acceptors (Lipinski definition) is 4. The first-order chi connectivity index (χ1) is 15.0. The molecule has 0 aromatic heterocycles. The second kappa shape index (κ2) is 11.3. The average molecular weight is 445 g/mol. The molecule has 31 heavy (non-hydrogen) atoms. The third-order valence-corrected chi connectivity index (χ3v) is 7.26. The molecular weight excluding hydrogens is 412 g/mol. The van der Waals surface area contributed by atoms with Crippen LogP contribution in [0.1, 0.15) is 29.5 Å². The van der Waals surface area contributed by atoms with Gasteiger partial charge in [-0.15, -0.1) is 0 Å². The van der Waals surface area contributed by atoms with Gasteiger partial charge < -0.3 is 15.4 Å². The molecule has 1 fully saturated rings. The van der Waals surface area contributed by atoms with Crippen LogP contribution >= 0.6 is 0 Å². The maximum absolute atomic E-state index is 12.8. The molecule has 0 radical (unpaired) electrons. The van der Waals surface area contributed by atoms with Crippen molar-refractivity contribution >= 4 is 16.0 Å². The number of nitrogens with one attached hydrogen (secondary N) is 2. The van der Waals surface area contributed by atoms with Gasteiger partial charge in [-0.3, -0.25) is 4.99 Å². The van der Waals surface area contributed by atoms with Gasteiger partial charge in [0.25, 0.3) is 0 Å². The fourth-order valence-corrected chi connectivity index (χ4v) is 5.09. The maximum Gasteiger partial charge on any atom is 0.218 e. The maximum atomic E-state index is 12.8. The van der Waals surface area contributed by atoms with E-state index in [0.29, 0.717) is 44.7 Å². The highest BCUT2D eigenvalue weighted by atomic mass is 32.2. The van der Waals surface area contributed by atoms with Gasteiger partial charge in [-0.25, -0.2) is 8.42 Å². The summed E-state index contributed by atoms with van der Waals surface area (Å²) in [4.78, 5) is 4.30. The summed E-state index contributed by atoms with van der Waals surface area (Å²) in [7, 11) is -1.64.